The number of hydrogen-bond donors (Lipinski definition) is 0. The summed E-state index contributed by atoms with van der Waals surface area (Å²) in [6, 6.07) is 13.4. The highest BCUT2D eigenvalue weighted by atomic mass is 32.1. The highest BCUT2D eigenvalue weighted by Crippen LogP contribution is 2.29. The first kappa shape index (κ1) is 14.7. The molecular formula is C17H15FN2OS. The summed E-state index contributed by atoms with van der Waals surface area (Å²) in [4.78, 5) is 18.6. The topological polar surface area (TPSA) is 33.2 Å². The Labute approximate surface area is 132 Å². The van der Waals surface area contributed by atoms with Gasteiger partial charge in [-0.3, -0.25) is 4.79 Å². The van der Waals surface area contributed by atoms with Gasteiger partial charge in [-0.1, -0.05) is 18.2 Å². The van der Waals surface area contributed by atoms with E-state index in [1.54, 1.807) is 35.4 Å². The summed E-state index contributed by atoms with van der Waals surface area (Å²) in [6.07, 6.45) is 0. The SMILES string of the molecule is CC(c1nc2ccccc2s1)N(C)C(=O)c1cccc(F)c1. The van der Waals surface area contributed by atoms with E-state index in [2.05, 4.69) is 4.98 Å². The fourth-order valence-corrected chi connectivity index (χ4v) is 3.30. The molecule has 3 aromatic rings. The van der Waals surface area contributed by atoms with Gasteiger partial charge >= 0.3 is 0 Å². The Hall–Kier alpha value is -2.27. The second kappa shape index (κ2) is 5.85. The van der Waals surface area contributed by atoms with Crippen molar-refractivity contribution in [2.45, 2.75) is 13.0 Å². The van der Waals surface area contributed by atoms with Crippen LogP contribution in [-0.2, 0) is 0 Å². The standard InChI is InChI=1S/C17H15FN2OS/c1-11(16-19-14-8-3-4-9-15(14)22-16)20(2)17(21)12-6-5-7-13(18)10-12/h3-11H,1-2H3. The highest BCUT2D eigenvalue weighted by Gasteiger charge is 2.22. The summed E-state index contributed by atoms with van der Waals surface area (Å²) in [7, 11) is 1.71. The summed E-state index contributed by atoms with van der Waals surface area (Å²) in [6.45, 7) is 1.93. The molecule has 0 fully saturated rings. The summed E-state index contributed by atoms with van der Waals surface area (Å²) in [5, 5.41) is 0.869. The lowest BCUT2D eigenvalue weighted by Crippen LogP contribution is -2.29. The first-order valence-electron chi connectivity index (χ1n) is 6.94. The monoisotopic (exact) mass is 314 g/mol. The van der Waals surface area contributed by atoms with Crippen LogP contribution >= 0.6 is 11.3 Å². The Morgan fingerprint density at radius 1 is 1.23 bits per heavy atom. The van der Waals surface area contributed by atoms with Crippen LogP contribution in [0.15, 0.2) is 48.5 Å². The number of aromatic nitrogens is 1. The molecule has 3 rings (SSSR count). The van der Waals surface area contributed by atoms with E-state index in [0.29, 0.717) is 5.56 Å². The van der Waals surface area contributed by atoms with E-state index < -0.39 is 5.82 Å². The van der Waals surface area contributed by atoms with Crippen molar-refractivity contribution < 1.29 is 9.18 Å². The molecular weight excluding hydrogens is 299 g/mol. The molecule has 0 radical (unpaired) electrons. The molecule has 0 aliphatic carbocycles. The number of fused-ring (bicyclic) bond motifs is 1. The molecule has 1 unspecified atom stereocenters. The van der Waals surface area contributed by atoms with E-state index >= 15 is 0 Å². The van der Waals surface area contributed by atoms with Crippen molar-refractivity contribution in [1.29, 1.82) is 0 Å². The van der Waals surface area contributed by atoms with Gasteiger partial charge in [-0.2, -0.15) is 0 Å². The van der Waals surface area contributed by atoms with Crippen LogP contribution in [0, 0.1) is 5.82 Å². The van der Waals surface area contributed by atoms with Crippen LogP contribution in [0.3, 0.4) is 0 Å². The van der Waals surface area contributed by atoms with Crippen LogP contribution < -0.4 is 0 Å². The van der Waals surface area contributed by atoms with Gasteiger partial charge in [0.1, 0.15) is 10.8 Å². The lowest BCUT2D eigenvalue weighted by atomic mass is 10.1. The van der Waals surface area contributed by atoms with Crippen LogP contribution in [0.25, 0.3) is 10.2 Å². The summed E-state index contributed by atoms with van der Waals surface area (Å²) in [5.74, 6) is -0.627. The molecule has 5 heteroatoms. The second-order valence-electron chi connectivity index (χ2n) is 5.12. The van der Waals surface area contributed by atoms with Crippen LogP contribution in [0.4, 0.5) is 4.39 Å². The lowest BCUT2D eigenvalue weighted by Gasteiger charge is -2.23. The first-order chi connectivity index (χ1) is 10.6. The fourth-order valence-electron chi connectivity index (χ4n) is 2.24. The van der Waals surface area contributed by atoms with Crippen molar-refractivity contribution in [1.82, 2.24) is 9.88 Å². The number of halogens is 1. The minimum atomic E-state index is -0.410. The zero-order chi connectivity index (χ0) is 15.7. The van der Waals surface area contributed by atoms with Gasteiger partial charge in [-0.15, -0.1) is 11.3 Å². The molecule has 0 aliphatic rings. The molecule has 0 saturated carbocycles. The highest BCUT2D eigenvalue weighted by molar-refractivity contribution is 7.18. The number of para-hydroxylation sites is 1. The van der Waals surface area contributed by atoms with Gasteiger partial charge in [-0.25, -0.2) is 9.37 Å². The fraction of sp³-hybridized carbons (Fsp3) is 0.176. The predicted octanol–water partition coefficient (Wildman–Crippen LogP) is 4.27. The van der Waals surface area contributed by atoms with Crippen molar-refractivity contribution in [2.75, 3.05) is 7.05 Å². The molecule has 0 spiro atoms. The molecule has 1 atom stereocenters. The number of benzene rings is 2. The van der Waals surface area contributed by atoms with Crippen LogP contribution in [0.2, 0.25) is 0 Å². The Balaban J connectivity index is 1.87. The molecule has 0 aliphatic heterocycles. The minimum Gasteiger partial charge on any atom is -0.333 e. The number of amides is 1. The molecule has 3 nitrogen and oxygen atoms in total. The van der Waals surface area contributed by atoms with E-state index in [1.807, 2.05) is 31.2 Å². The molecule has 0 saturated heterocycles. The van der Waals surface area contributed by atoms with Crippen LogP contribution in [0.5, 0.6) is 0 Å². The first-order valence-corrected chi connectivity index (χ1v) is 7.76. The number of rotatable bonds is 3. The number of carbonyl (C=O) groups excluding carboxylic acids is 1. The van der Waals surface area contributed by atoms with Crippen molar-refractivity contribution >= 4 is 27.5 Å². The Bertz CT molecular complexity index is 797. The number of carbonyl (C=O) groups is 1. The third-order valence-electron chi connectivity index (χ3n) is 3.64. The Morgan fingerprint density at radius 3 is 2.73 bits per heavy atom. The molecule has 1 aromatic heterocycles. The maximum atomic E-state index is 13.3. The van der Waals surface area contributed by atoms with Crippen LogP contribution in [0.1, 0.15) is 28.3 Å². The van der Waals surface area contributed by atoms with E-state index in [0.717, 1.165) is 15.2 Å². The van der Waals surface area contributed by atoms with Gasteiger partial charge in [0.2, 0.25) is 0 Å². The maximum absolute atomic E-state index is 13.3. The van der Waals surface area contributed by atoms with Crippen molar-refractivity contribution in [3.05, 3.63) is 64.9 Å². The Kier molecular flexibility index (Phi) is 3.90. The van der Waals surface area contributed by atoms with Crippen molar-refractivity contribution in [3.63, 3.8) is 0 Å². The predicted molar refractivity (Wildman–Crippen MR) is 86.5 cm³/mol. The average molecular weight is 314 g/mol. The third kappa shape index (κ3) is 2.72. The zero-order valence-corrected chi connectivity index (χ0v) is 13.1. The van der Waals surface area contributed by atoms with Gasteiger partial charge in [0.05, 0.1) is 16.3 Å². The zero-order valence-electron chi connectivity index (χ0n) is 12.3. The van der Waals surface area contributed by atoms with Gasteiger partial charge in [0.25, 0.3) is 5.91 Å². The van der Waals surface area contributed by atoms with Crippen molar-refractivity contribution in [3.8, 4) is 0 Å². The van der Waals surface area contributed by atoms with Crippen LogP contribution in [-0.4, -0.2) is 22.8 Å². The van der Waals surface area contributed by atoms with E-state index in [9.17, 15) is 9.18 Å². The van der Waals surface area contributed by atoms with Gasteiger partial charge in [-0.05, 0) is 37.3 Å². The van der Waals surface area contributed by atoms with E-state index in [-0.39, 0.29) is 11.9 Å². The molecule has 2 aromatic carbocycles. The van der Waals surface area contributed by atoms with E-state index in [4.69, 9.17) is 0 Å². The second-order valence-corrected chi connectivity index (χ2v) is 6.18. The summed E-state index contributed by atoms with van der Waals surface area (Å²) in [5.41, 5.74) is 1.27. The van der Waals surface area contributed by atoms with E-state index in [1.165, 1.54) is 12.1 Å². The molecule has 1 heterocycles. The number of thiazole rings is 1. The smallest absolute Gasteiger partial charge is 0.254 e. The lowest BCUT2D eigenvalue weighted by molar-refractivity contribution is 0.0742. The van der Waals surface area contributed by atoms with Crippen molar-refractivity contribution in [2.24, 2.45) is 0 Å². The maximum Gasteiger partial charge on any atom is 0.254 e. The molecule has 0 N–H and O–H groups in total. The normalized spacial score (nSPS) is 12.3. The average Bonchev–Trinajstić information content (AvgIpc) is 2.96. The molecule has 1 amide bonds. The molecule has 22 heavy (non-hydrogen) atoms. The molecule has 0 bridgehead atoms. The quantitative estimate of drug-likeness (QED) is 0.723. The molecule has 112 valence electrons. The number of nitrogens with zero attached hydrogens (tertiary/aromatic N) is 2. The summed E-state index contributed by atoms with van der Waals surface area (Å²) < 4.78 is 14.4. The Morgan fingerprint density at radius 2 is 2.00 bits per heavy atom. The minimum absolute atomic E-state index is 0.173. The van der Waals surface area contributed by atoms with Gasteiger partial charge in [0, 0.05) is 12.6 Å². The van der Waals surface area contributed by atoms with Gasteiger partial charge in [0.15, 0.2) is 0 Å². The third-order valence-corrected chi connectivity index (χ3v) is 4.85. The summed E-state index contributed by atoms with van der Waals surface area (Å²) >= 11 is 1.57. The number of hydrogen-bond acceptors (Lipinski definition) is 3. The van der Waals surface area contributed by atoms with Gasteiger partial charge < -0.3 is 4.90 Å². The largest absolute Gasteiger partial charge is 0.333 e.